The molecule has 21 heavy (non-hydrogen) atoms. The molecule has 2 N–H and O–H groups in total. The standard InChI is InChI=1S/C16H21N3O2/c20-15(19-7-3-4-8-19)11-18-16(21)14-10-17-9-12-5-1-2-6-13(12)14/h1-2,5-6,14,17H,3-4,7-11H2,(H,18,21). The molecule has 0 aromatic heterocycles. The van der Waals surface area contributed by atoms with E-state index in [-0.39, 0.29) is 24.3 Å². The minimum absolute atomic E-state index is 0.0258. The molecule has 1 atom stereocenters. The van der Waals surface area contributed by atoms with Crippen molar-refractivity contribution in [2.45, 2.75) is 25.3 Å². The van der Waals surface area contributed by atoms with Gasteiger partial charge in [0.15, 0.2) is 0 Å². The maximum atomic E-state index is 12.4. The van der Waals surface area contributed by atoms with Gasteiger partial charge < -0.3 is 15.5 Å². The number of nitrogens with one attached hydrogen (secondary N) is 2. The molecule has 1 fully saturated rings. The molecular weight excluding hydrogens is 266 g/mol. The Morgan fingerprint density at radius 2 is 2.00 bits per heavy atom. The van der Waals surface area contributed by atoms with Crippen molar-refractivity contribution in [3.63, 3.8) is 0 Å². The van der Waals surface area contributed by atoms with Gasteiger partial charge in [0.25, 0.3) is 0 Å². The van der Waals surface area contributed by atoms with Gasteiger partial charge in [-0.25, -0.2) is 0 Å². The van der Waals surface area contributed by atoms with Crippen LogP contribution in [0.3, 0.4) is 0 Å². The van der Waals surface area contributed by atoms with Gasteiger partial charge in [0.05, 0.1) is 12.5 Å². The summed E-state index contributed by atoms with van der Waals surface area (Å²) in [6.07, 6.45) is 2.14. The van der Waals surface area contributed by atoms with E-state index in [2.05, 4.69) is 10.6 Å². The number of likely N-dealkylation sites (tertiary alicyclic amines) is 1. The van der Waals surface area contributed by atoms with Gasteiger partial charge in [-0.3, -0.25) is 9.59 Å². The van der Waals surface area contributed by atoms with Crippen LogP contribution < -0.4 is 10.6 Å². The van der Waals surface area contributed by atoms with Gasteiger partial charge >= 0.3 is 0 Å². The molecule has 2 aliphatic heterocycles. The number of benzene rings is 1. The van der Waals surface area contributed by atoms with E-state index in [1.165, 1.54) is 0 Å². The highest BCUT2D eigenvalue weighted by Crippen LogP contribution is 2.23. The summed E-state index contributed by atoms with van der Waals surface area (Å²) in [4.78, 5) is 26.2. The van der Waals surface area contributed by atoms with Crippen molar-refractivity contribution in [3.05, 3.63) is 35.4 Å². The fourth-order valence-corrected chi connectivity index (χ4v) is 3.09. The summed E-state index contributed by atoms with van der Waals surface area (Å²) in [7, 11) is 0. The maximum Gasteiger partial charge on any atom is 0.241 e. The highest BCUT2D eigenvalue weighted by molar-refractivity contribution is 5.89. The smallest absolute Gasteiger partial charge is 0.241 e. The molecule has 5 heteroatoms. The van der Waals surface area contributed by atoms with E-state index >= 15 is 0 Å². The van der Waals surface area contributed by atoms with E-state index in [0.29, 0.717) is 6.54 Å². The minimum Gasteiger partial charge on any atom is -0.346 e. The molecule has 0 spiro atoms. The fraction of sp³-hybridized carbons (Fsp3) is 0.500. The Morgan fingerprint density at radius 3 is 2.81 bits per heavy atom. The van der Waals surface area contributed by atoms with Gasteiger partial charge in [0, 0.05) is 26.2 Å². The molecule has 1 aromatic rings. The van der Waals surface area contributed by atoms with Crippen LogP contribution in [0, 0.1) is 0 Å². The van der Waals surface area contributed by atoms with Crippen molar-refractivity contribution in [2.24, 2.45) is 0 Å². The fourth-order valence-electron chi connectivity index (χ4n) is 3.09. The van der Waals surface area contributed by atoms with Gasteiger partial charge in [-0.15, -0.1) is 0 Å². The van der Waals surface area contributed by atoms with E-state index in [1.54, 1.807) is 0 Å². The van der Waals surface area contributed by atoms with Gasteiger partial charge in [-0.05, 0) is 24.0 Å². The molecule has 0 radical (unpaired) electrons. The van der Waals surface area contributed by atoms with Crippen molar-refractivity contribution in [3.8, 4) is 0 Å². The Labute approximate surface area is 124 Å². The summed E-state index contributed by atoms with van der Waals surface area (Å²) in [6, 6.07) is 7.98. The number of carbonyl (C=O) groups is 2. The van der Waals surface area contributed by atoms with Crippen LogP contribution >= 0.6 is 0 Å². The first-order valence-corrected chi connectivity index (χ1v) is 7.60. The summed E-state index contributed by atoms with van der Waals surface area (Å²) in [6.45, 7) is 3.18. The maximum absolute atomic E-state index is 12.4. The van der Waals surface area contributed by atoms with Crippen molar-refractivity contribution in [1.82, 2.24) is 15.5 Å². The first-order valence-electron chi connectivity index (χ1n) is 7.60. The van der Waals surface area contributed by atoms with E-state index in [1.807, 2.05) is 29.2 Å². The van der Waals surface area contributed by atoms with Crippen LogP contribution in [0.2, 0.25) is 0 Å². The third-order valence-electron chi connectivity index (χ3n) is 4.28. The average Bonchev–Trinajstić information content (AvgIpc) is 3.06. The van der Waals surface area contributed by atoms with Gasteiger partial charge in [0.2, 0.25) is 11.8 Å². The number of fused-ring (bicyclic) bond motifs is 1. The summed E-state index contributed by atoms with van der Waals surface area (Å²) in [5.74, 6) is -0.249. The average molecular weight is 287 g/mol. The second kappa shape index (κ2) is 6.26. The van der Waals surface area contributed by atoms with Crippen LogP contribution in [0.1, 0.15) is 29.9 Å². The second-order valence-electron chi connectivity index (χ2n) is 5.69. The molecule has 0 saturated carbocycles. The second-order valence-corrected chi connectivity index (χ2v) is 5.69. The molecule has 2 aliphatic rings. The molecule has 1 unspecified atom stereocenters. The number of hydrogen-bond acceptors (Lipinski definition) is 3. The Balaban J connectivity index is 1.60. The first kappa shape index (κ1) is 14.1. The van der Waals surface area contributed by atoms with Gasteiger partial charge in [0.1, 0.15) is 0 Å². The third kappa shape index (κ3) is 3.08. The number of amides is 2. The molecule has 0 aliphatic carbocycles. The van der Waals surface area contributed by atoms with E-state index in [9.17, 15) is 9.59 Å². The Morgan fingerprint density at radius 1 is 1.24 bits per heavy atom. The molecule has 2 heterocycles. The third-order valence-corrected chi connectivity index (χ3v) is 4.28. The lowest BCUT2D eigenvalue weighted by atomic mass is 9.90. The molecule has 3 rings (SSSR count). The van der Waals surface area contributed by atoms with Crippen molar-refractivity contribution >= 4 is 11.8 Å². The number of hydrogen-bond donors (Lipinski definition) is 2. The Hall–Kier alpha value is -1.88. The highest BCUT2D eigenvalue weighted by Gasteiger charge is 2.27. The van der Waals surface area contributed by atoms with Crippen molar-refractivity contribution < 1.29 is 9.59 Å². The molecule has 1 aromatic carbocycles. The van der Waals surface area contributed by atoms with Gasteiger partial charge in [-0.1, -0.05) is 24.3 Å². The summed E-state index contributed by atoms with van der Waals surface area (Å²) in [5, 5.41) is 6.06. The first-order chi connectivity index (χ1) is 10.3. The minimum atomic E-state index is -0.207. The lowest BCUT2D eigenvalue weighted by Gasteiger charge is -2.25. The predicted molar refractivity (Wildman–Crippen MR) is 79.7 cm³/mol. The number of rotatable bonds is 3. The largest absolute Gasteiger partial charge is 0.346 e. The van der Waals surface area contributed by atoms with E-state index in [4.69, 9.17) is 0 Å². The van der Waals surface area contributed by atoms with Crippen LogP contribution in [-0.4, -0.2) is 42.9 Å². The van der Waals surface area contributed by atoms with E-state index in [0.717, 1.165) is 43.6 Å². The van der Waals surface area contributed by atoms with Crippen molar-refractivity contribution in [1.29, 1.82) is 0 Å². The topological polar surface area (TPSA) is 61.4 Å². The molecule has 1 saturated heterocycles. The van der Waals surface area contributed by atoms with Crippen molar-refractivity contribution in [2.75, 3.05) is 26.2 Å². The SMILES string of the molecule is O=C(NCC(=O)N1CCCC1)C1CNCc2ccccc21. The molecule has 5 nitrogen and oxygen atoms in total. The zero-order valence-electron chi connectivity index (χ0n) is 12.1. The molecule has 0 bridgehead atoms. The Bertz CT molecular complexity index is 538. The lowest BCUT2D eigenvalue weighted by Crippen LogP contribution is -2.43. The lowest BCUT2D eigenvalue weighted by molar-refractivity contribution is -0.132. The monoisotopic (exact) mass is 287 g/mol. The molecule has 112 valence electrons. The van der Waals surface area contributed by atoms with Crippen LogP contribution in [0.25, 0.3) is 0 Å². The summed E-state index contributed by atoms with van der Waals surface area (Å²) < 4.78 is 0. The number of carbonyl (C=O) groups excluding carboxylic acids is 2. The van der Waals surface area contributed by atoms with Crippen LogP contribution in [0.5, 0.6) is 0 Å². The van der Waals surface area contributed by atoms with Gasteiger partial charge in [-0.2, -0.15) is 0 Å². The summed E-state index contributed by atoms with van der Waals surface area (Å²) in [5.41, 5.74) is 2.23. The van der Waals surface area contributed by atoms with E-state index < -0.39 is 0 Å². The van der Waals surface area contributed by atoms with Crippen LogP contribution in [0.4, 0.5) is 0 Å². The zero-order valence-corrected chi connectivity index (χ0v) is 12.1. The molecular formula is C16H21N3O2. The van der Waals surface area contributed by atoms with Crippen LogP contribution in [0.15, 0.2) is 24.3 Å². The highest BCUT2D eigenvalue weighted by atomic mass is 16.2. The number of nitrogens with zero attached hydrogens (tertiary/aromatic N) is 1. The summed E-state index contributed by atoms with van der Waals surface area (Å²) >= 11 is 0. The normalized spacial score (nSPS) is 21.0. The van der Waals surface area contributed by atoms with Crippen LogP contribution in [-0.2, 0) is 16.1 Å². The quantitative estimate of drug-likeness (QED) is 0.856. The predicted octanol–water partition coefficient (Wildman–Crippen LogP) is 0.612. The molecule has 2 amide bonds. The Kier molecular flexibility index (Phi) is 4.20. The zero-order chi connectivity index (χ0) is 14.7.